The fourth-order valence-electron chi connectivity index (χ4n) is 2.02. The summed E-state index contributed by atoms with van der Waals surface area (Å²) in [6.45, 7) is 2.09. The monoisotopic (exact) mass is 203 g/mol. The predicted octanol–water partition coefficient (Wildman–Crippen LogP) is 2.16. The number of carbonyl (C=O) groups is 1. The zero-order valence-corrected chi connectivity index (χ0v) is 9.34. The topological polar surface area (TPSA) is 29.1 Å². The Hall–Kier alpha value is -1.31. The molecule has 1 saturated carbocycles. The van der Waals surface area contributed by atoms with Crippen LogP contribution in [0.15, 0.2) is 24.3 Å². The second kappa shape index (κ2) is 3.69. The summed E-state index contributed by atoms with van der Waals surface area (Å²) in [7, 11) is 1.70. The van der Waals surface area contributed by atoms with Gasteiger partial charge in [-0.25, -0.2) is 0 Å². The molecule has 2 heteroatoms. The van der Waals surface area contributed by atoms with E-state index < -0.39 is 0 Å². The lowest BCUT2D eigenvalue weighted by atomic mass is 9.91. The number of aryl methyl sites for hydroxylation is 1. The van der Waals surface area contributed by atoms with Crippen molar-refractivity contribution in [3.05, 3.63) is 35.4 Å². The Bertz CT molecular complexity index is 363. The molecule has 2 nitrogen and oxygen atoms in total. The maximum absolute atomic E-state index is 11.4. The maximum Gasteiger partial charge on any atom is 0.220 e. The van der Waals surface area contributed by atoms with Gasteiger partial charge in [-0.05, 0) is 25.3 Å². The summed E-state index contributed by atoms with van der Waals surface area (Å²) >= 11 is 0. The van der Waals surface area contributed by atoms with Crippen LogP contribution >= 0.6 is 0 Å². The zero-order chi connectivity index (χ0) is 10.9. The molecule has 1 aliphatic rings. The quantitative estimate of drug-likeness (QED) is 0.801. The molecule has 1 N–H and O–H groups in total. The molecule has 1 fully saturated rings. The lowest BCUT2D eigenvalue weighted by Gasteiger charge is -2.14. The van der Waals surface area contributed by atoms with Gasteiger partial charge in [0.2, 0.25) is 5.91 Å². The van der Waals surface area contributed by atoms with Crippen LogP contribution in [-0.4, -0.2) is 13.0 Å². The first-order valence-electron chi connectivity index (χ1n) is 5.44. The molecular formula is C13H17NO. The second-order valence-corrected chi connectivity index (χ2v) is 4.50. The molecule has 0 bridgehead atoms. The molecule has 1 aromatic carbocycles. The number of amides is 1. The summed E-state index contributed by atoms with van der Waals surface area (Å²) in [5, 5.41) is 2.70. The lowest BCUT2D eigenvalue weighted by molar-refractivity contribution is -0.121. The first-order chi connectivity index (χ1) is 7.16. The summed E-state index contributed by atoms with van der Waals surface area (Å²) in [5.74, 6) is 0.146. The average Bonchev–Trinajstić information content (AvgIpc) is 3.00. The molecular weight excluding hydrogens is 186 g/mol. The van der Waals surface area contributed by atoms with Crippen molar-refractivity contribution < 1.29 is 4.79 Å². The standard InChI is InChI=1S/C13H17NO/c1-10-3-5-11(6-4-10)13(7-8-13)9-12(15)14-2/h3-6H,7-9H2,1-2H3,(H,14,15). The number of rotatable bonds is 3. The van der Waals surface area contributed by atoms with Gasteiger partial charge in [-0.3, -0.25) is 4.79 Å². The number of benzene rings is 1. The van der Waals surface area contributed by atoms with Crippen molar-refractivity contribution in [1.29, 1.82) is 0 Å². The summed E-state index contributed by atoms with van der Waals surface area (Å²) < 4.78 is 0. The number of hydrogen-bond donors (Lipinski definition) is 1. The molecule has 1 amide bonds. The highest BCUT2D eigenvalue weighted by Gasteiger charge is 2.45. The van der Waals surface area contributed by atoms with Crippen LogP contribution in [0.4, 0.5) is 0 Å². The Balaban J connectivity index is 2.16. The zero-order valence-electron chi connectivity index (χ0n) is 9.34. The Labute approximate surface area is 90.7 Å². The predicted molar refractivity (Wildman–Crippen MR) is 60.8 cm³/mol. The Morgan fingerprint density at radius 2 is 1.93 bits per heavy atom. The van der Waals surface area contributed by atoms with Crippen LogP contribution in [0.2, 0.25) is 0 Å². The minimum atomic E-state index is 0.146. The van der Waals surface area contributed by atoms with Crippen LogP contribution in [0.1, 0.15) is 30.4 Å². The van der Waals surface area contributed by atoms with E-state index in [2.05, 4.69) is 36.5 Å². The van der Waals surface area contributed by atoms with Crippen LogP contribution in [-0.2, 0) is 10.2 Å². The van der Waals surface area contributed by atoms with E-state index in [1.54, 1.807) is 7.05 Å². The van der Waals surface area contributed by atoms with Crippen molar-refractivity contribution in [3.8, 4) is 0 Å². The first kappa shape index (κ1) is 10.2. The van der Waals surface area contributed by atoms with E-state index in [1.807, 2.05) is 0 Å². The van der Waals surface area contributed by atoms with Gasteiger partial charge in [-0.15, -0.1) is 0 Å². The fraction of sp³-hybridized carbons (Fsp3) is 0.462. The van der Waals surface area contributed by atoms with E-state index in [4.69, 9.17) is 0 Å². The minimum Gasteiger partial charge on any atom is -0.359 e. The van der Waals surface area contributed by atoms with Gasteiger partial charge in [0.1, 0.15) is 0 Å². The van der Waals surface area contributed by atoms with E-state index in [1.165, 1.54) is 11.1 Å². The van der Waals surface area contributed by atoms with Gasteiger partial charge < -0.3 is 5.32 Å². The largest absolute Gasteiger partial charge is 0.359 e. The third kappa shape index (κ3) is 2.04. The molecule has 0 radical (unpaired) electrons. The van der Waals surface area contributed by atoms with Gasteiger partial charge in [0.25, 0.3) is 0 Å². The molecule has 0 spiro atoms. The van der Waals surface area contributed by atoms with Crippen LogP contribution in [0.25, 0.3) is 0 Å². The van der Waals surface area contributed by atoms with Crippen molar-refractivity contribution in [2.24, 2.45) is 0 Å². The molecule has 0 atom stereocenters. The molecule has 0 saturated heterocycles. The van der Waals surface area contributed by atoms with E-state index >= 15 is 0 Å². The summed E-state index contributed by atoms with van der Waals surface area (Å²) in [4.78, 5) is 11.4. The van der Waals surface area contributed by atoms with Gasteiger partial charge >= 0.3 is 0 Å². The van der Waals surface area contributed by atoms with Crippen molar-refractivity contribution in [2.75, 3.05) is 7.05 Å². The number of nitrogens with one attached hydrogen (secondary N) is 1. The summed E-state index contributed by atoms with van der Waals surface area (Å²) in [5.41, 5.74) is 2.74. The lowest BCUT2D eigenvalue weighted by Crippen LogP contribution is -2.23. The SMILES string of the molecule is CNC(=O)CC1(c2ccc(C)cc2)CC1. The highest BCUT2D eigenvalue weighted by molar-refractivity contribution is 5.78. The molecule has 80 valence electrons. The highest BCUT2D eigenvalue weighted by Crippen LogP contribution is 2.50. The Kier molecular flexibility index (Phi) is 2.51. The fourth-order valence-corrected chi connectivity index (χ4v) is 2.02. The second-order valence-electron chi connectivity index (χ2n) is 4.50. The van der Waals surface area contributed by atoms with Crippen LogP contribution in [0.3, 0.4) is 0 Å². The smallest absolute Gasteiger partial charge is 0.220 e. The number of hydrogen-bond acceptors (Lipinski definition) is 1. The van der Waals surface area contributed by atoms with E-state index in [-0.39, 0.29) is 11.3 Å². The van der Waals surface area contributed by atoms with Crippen molar-refractivity contribution in [1.82, 2.24) is 5.32 Å². The Morgan fingerprint density at radius 1 is 1.33 bits per heavy atom. The molecule has 1 aliphatic carbocycles. The molecule has 0 aliphatic heterocycles. The van der Waals surface area contributed by atoms with Crippen LogP contribution in [0.5, 0.6) is 0 Å². The van der Waals surface area contributed by atoms with Crippen molar-refractivity contribution in [2.45, 2.75) is 31.6 Å². The summed E-state index contributed by atoms with van der Waals surface area (Å²) in [6, 6.07) is 8.56. The van der Waals surface area contributed by atoms with Crippen LogP contribution < -0.4 is 5.32 Å². The third-order valence-electron chi connectivity index (χ3n) is 3.30. The van der Waals surface area contributed by atoms with Gasteiger partial charge in [0, 0.05) is 18.9 Å². The normalized spacial score (nSPS) is 17.2. The van der Waals surface area contributed by atoms with Gasteiger partial charge in [-0.1, -0.05) is 29.8 Å². The molecule has 1 aromatic rings. The van der Waals surface area contributed by atoms with E-state index in [0.29, 0.717) is 6.42 Å². The molecule has 2 rings (SSSR count). The molecule has 0 aromatic heterocycles. The first-order valence-corrected chi connectivity index (χ1v) is 5.44. The van der Waals surface area contributed by atoms with Gasteiger partial charge in [0.05, 0.1) is 0 Å². The Morgan fingerprint density at radius 3 is 2.40 bits per heavy atom. The van der Waals surface area contributed by atoms with E-state index in [9.17, 15) is 4.79 Å². The minimum absolute atomic E-state index is 0.146. The van der Waals surface area contributed by atoms with Gasteiger partial charge in [0.15, 0.2) is 0 Å². The van der Waals surface area contributed by atoms with Crippen LogP contribution in [0, 0.1) is 6.92 Å². The maximum atomic E-state index is 11.4. The van der Waals surface area contributed by atoms with Crippen molar-refractivity contribution in [3.63, 3.8) is 0 Å². The third-order valence-corrected chi connectivity index (χ3v) is 3.30. The van der Waals surface area contributed by atoms with Crippen molar-refractivity contribution >= 4 is 5.91 Å². The van der Waals surface area contributed by atoms with Gasteiger partial charge in [-0.2, -0.15) is 0 Å². The summed E-state index contributed by atoms with van der Waals surface area (Å²) in [6.07, 6.45) is 2.92. The molecule has 0 unspecified atom stereocenters. The molecule has 0 heterocycles. The molecule has 15 heavy (non-hydrogen) atoms. The van der Waals surface area contributed by atoms with E-state index in [0.717, 1.165) is 12.8 Å². The number of carbonyl (C=O) groups excluding carboxylic acids is 1. The average molecular weight is 203 g/mol. The highest BCUT2D eigenvalue weighted by atomic mass is 16.1.